The Kier molecular flexibility index (Phi) is 5.32. The summed E-state index contributed by atoms with van der Waals surface area (Å²) in [5.41, 5.74) is 6.01. The van der Waals surface area contributed by atoms with Crippen LogP contribution in [0.5, 0.6) is 0 Å². The molecule has 0 fully saturated rings. The number of halogens is 1. The first-order chi connectivity index (χ1) is 8.71. The third kappa shape index (κ3) is 3.45. The lowest BCUT2D eigenvalue weighted by molar-refractivity contribution is 0.369. The van der Waals surface area contributed by atoms with Crippen LogP contribution in [0.25, 0.3) is 0 Å². The van der Waals surface area contributed by atoms with Crippen molar-refractivity contribution in [1.82, 2.24) is 4.31 Å². The topological polar surface area (TPSA) is 63.4 Å². The minimum absolute atomic E-state index is 0.0371. The van der Waals surface area contributed by atoms with Gasteiger partial charge in [-0.15, -0.1) is 0 Å². The second-order valence-electron chi connectivity index (χ2n) is 4.31. The number of nitrogens with two attached hydrogens (primary N) is 1. The maximum Gasteiger partial charge on any atom is 0.244 e. The molecule has 0 aliphatic rings. The van der Waals surface area contributed by atoms with Crippen molar-refractivity contribution in [1.29, 1.82) is 0 Å². The van der Waals surface area contributed by atoms with E-state index in [1.54, 1.807) is 13.0 Å². The fraction of sp³-hybridized carbons (Fsp3) is 0.417. The van der Waals surface area contributed by atoms with Gasteiger partial charge in [0.2, 0.25) is 10.0 Å². The van der Waals surface area contributed by atoms with Crippen molar-refractivity contribution in [3.63, 3.8) is 0 Å². The molecule has 0 saturated heterocycles. The highest BCUT2D eigenvalue weighted by atomic mass is 35.5. The standard InChI is InChI=1S/C12H17ClN2O2S2/c1-4-15(8(2)3)19(16,17)11-7-9(12(14)18)5-6-10(11)13/h5-8H,4H2,1-3H3,(H2,14,18). The molecule has 106 valence electrons. The summed E-state index contributed by atoms with van der Waals surface area (Å²) in [5, 5.41) is 0.166. The molecule has 0 unspecified atom stereocenters. The third-order valence-corrected chi connectivity index (χ3v) is 5.56. The number of thiocarbonyl (C=S) groups is 1. The van der Waals surface area contributed by atoms with E-state index in [1.165, 1.54) is 16.4 Å². The molecule has 1 aromatic rings. The normalized spacial score (nSPS) is 12.1. The maximum atomic E-state index is 12.6. The van der Waals surface area contributed by atoms with Crippen LogP contribution in [0.4, 0.5) is 0 Å². The number of nitrogens with zero attached hydrogens (tertiary/aromatic N) is 1. The fourth-order valence-electron chi connectivity index (χ4n) is 1.79. The Balaban J connectivity index is 3.43. The Morgan fingerprint density at radius 1 is 1.47 bits per heavy atom. The lowest BCUT2D eigenvalue weighted by atomic mass is 10.2. The van der Waals surface area contributed by atoms with Gasteiger partial charge in [0.15, 0.2) is 0 Å². The second-order valence-corrected chi connectivity index (χ2v) is 7.02. The average Bonchev–Trinajstić information content (AvgIpc) is 2.28. The van der Waals surface area contributed by atoms with Crippen molar-refractivity contribution in [3.8, 4) is 0 Å². The highest BCUT2D eigenvalue weighted by Gasteiger charge is 2.28. The van der Waals surface area contributed by atoms with Gasteiger partial charge >= 0.3 is 0 Å². The van der Waals surface area contributed by atoms with E-state index in [0.29, 0.717) is 12.1 Å². The van der Waals surface area contributed by atoms with Crippen LogP contribution < -0.4 is 5.73 Å². The molecule has 1 aromatic carbocycles. The fourth-order valence-corrected chi connectivity index (χ4v) is 4.07. The molecule has 0 spiro atoms. The van der Waals surface area contributed by atoms with Crippen LogP contribution in [-0.2, 0) is 10.0 Å². The summed E-state index contributed by atoms with van der Waals surface area (Å²) in [5.74, 6) is 0. The van der Waals surface area contributed by atoms with E-state index in [-0.39, 0.29) is 20.9 Å². The van der Waals surface area contributed by atoms with Crippen LogP contribution in [-0.4, -0.2) is 30.3 Å². The van der Waals surface area contributed by atoms with Crippen molar-refractivity contribution in [2.24, 2.45) is 5.73 Å². The molecule has 0 saturated carbocycles. The molecule has 2 N–H and O–H groups in total. The number of rotatable bonds is 5. The van der Waals surface area contributed by atoms with Crippen molar-refractivity contribution in [2.75, 3.05) is 6.54 Å². The number of sulfonamides is 1. The van der Waals surface area contributed by atoms with Gasteiger partial charge < -0.3 is 5.73 Å². The largest absolute Gasteiger partial charge is 0.389 e. The van der Waals surface area contributed by atoms with E-state index in [9.17, 15) is 8.42 Å². The van der Waals surface area contributed by atoms with Crippen LogP contribution in [0.2, 0.25) is 5.02 Å². The molecule has 1 rings (SSSR count). The van der Waals surface area contributed by atoms with E-state index >= 15 is 0 Å². The van der Waals surface area contributed by atoms with Crippen LogP contribution in [0.3, 0.4) is 0 Å². The second kappa shape index (κ2) is 6.17. The minimum atomic E-state index is -3.65. The SMILES string of the molecule is CCN(C(C)C)S(=O)(=O)c1cc(C(N)=S)ccc1Cl. The summed E-state index contributed by atoms with van der Waals surface area (Å²) in [4.78, 5) is 0.177. The molecule has 0 aromatic heterocycles. The summed E-state index contributed by atoms with van der Waals surface area (Å²) < 4.78 is 26.5. The van der Waals surface area contributed by atoms with Gasteiger partial charge in [0.25, 0.3) is 0 Å². The molecular formula is C12H17ClN2O2S2. The third-order valence-electron chi connectivity index (χ3n) is 2.69. The van der Waals surface area contributed by atoms with Crippen molar-refractivity contribution < 1.29 is 8.42 Å². The van der Waals surface area contributed by atoms with Crippen LogP contribution in [0.15, 0.2) is 23.1 Å². The molecule has 19 heavy (non-hydrogen) atoms. The Hall–Kier alpha value is -0.690. The molecule has 4 nitrogen and oxygen atoms in total. The Labute approximate surface area is 124 Å². The first kappa shape index (κ1) is 16.4. The molecule has 0 bridgehead atoms. The van der Waals surface area contributed by atoms with Gasteiger partial charge in [-0.1, -0.05) is 36.8 Å². The van der Waals surface area contributed by atoms with E-state index < -0.39 is 10.0 Å². The molecule has 0 heterocycles. The molecule has 0 aliphatic heterocycles. The molecule has 0 atom stereocenters. The van der Waals surface area contributed by atoms with Gasteiger partial charge in [0.05, 0.1) is 5.02 Å². The lowest BCUT2D eigenvalue weighted by Crippen LogP contribution is -2.36. The highest BCUT2D eigenvalue weighted by molar-refractivity contribution is 7.89. The van der Waals surface area contributed by atoms with Gasteiger partial charge in [-0.05, 0) is 26.0 Å². The first-order valence-electron chi connectivity index (χ1n) is 5.83. The predicted octanol–water partition coefficient (Wildman–Crippen LogP) is 2.39. The first-order valence-corrected chi connectivity index (χ1v) is 8.05. The predicted molar refractivity (Wildman–Crippen MR) is 82.0 cm³/mol. The van der Waals surface area contributed by atoms with Crippen LogP contribution in [0, 0.1) is 0 Å². The van der Waals surface area contributed by atoms with Gasteiger partial charge in [0.1, 0.15) is 9.88 Å². The molecule has 0 radical (unpaired) electrons. The summed E-state index contributed by atoms with van der Waals surface area (Å²) in [6.45, 7) is 5.77. The lowest BCUT2D eigenvalue weighted by Gasteiger charge is -2.25. The van der Waals surface area contributed by atoms with Gasteiger partial charge in [0, 0.05) is 18.2 Å². The number of benzene rings is 1. The zero-order chi connectivity index (χ0) is 14.8. The summed E-state index contributed by atoms with van der Waals surface area (Å²) in [6, 6.07) is 4.37. The number of hydrogen-bond acceptors (Lipinski definition) is 3. The Bertz CT molecular complexity index is 585. The summed E-state index contributed by atoms with van der Waals surface area (Å²) in [6.07, 6.45) is 0. The zero-order valence-corrected chi connectivity index (χ0v) is 13.4. The number of hydrogen-bond donors (Lipinski definition) is 1. The van der Waals surface area contributed by atoms with Crippen molar-refractivity contribution in [2.45, 2.75) is 31.7 Å². The van der Waals surface area contributed by atoms with Crippen LogP contribution >= 0.6 is 23.8 Å². The van der Waals surface area contributed by atoms with Crippen molar-refractivity contribution >= 4 is 38.8 Å². The molecule has 0 amide bonds. The van der Waals surface area contributed by atoms with E-state index in [4.69, 9.17) is 29.6 Å². The Morgan fingerprint density at radius 3 is 2.47 bits per heavy atom. The average molecular weight is 321 g/mol. The smallest absolute Gasteiger partial charge is 0.244 e. The molecule has 0 aliphatic carbocycles. The van der Waals surface area contributed by atoms with E-state index in [0.717, 1.165) is 0 Å². The van der Waals surface area contributed by atoms with Gasteiger partial charge in [-0.25, -0.2) is 8.42 Å². The molecule has 7 heteroatoms. The minimum Gasteiger partial charge on any atom is -0.389 e. The van der Waals surface area contributed by atoms with E-state index in [2.05, 4.69) is 0 Å². The van der Waals surface area contributed by atoms with Crippen molar-refractivity contribution in [3.05, 3.63) is 28.8 Å². The van der Waals surface area contributed by atoms with Gasteiger partial charge in [-0.2, -0.15) is 4.31 Å². The summed E-state index contributed by atoms with van der Waals surface area (Å²) >= 11 is 10.9. The van der Waals surface area contributed by atoms with Gasteiger partial charge in [-0.3, -0.25) is 0 Å². The quantitative estimate of drug-likeness (QED) is 0.846. The van der Waals surface area contributed by atoms with Crippen LogP contribution in [0.1, 0.15) is 26.3 Å². The summed E-state index contributed by atoms with van der Waals surface area (Å²) in [7, 11) is -3.65. The van der Waals surface area contributed by atoms with E-state index in [1.807, 2.05) is 13.8 Å². The zero-order valence-electron chi connectivity index (χ0n) is 11.1. The monoisotopic (exact) mass is 320 g/mol. The Morgan fingerprint density at radius 2 is 2.05 bits per heavy atom. The maximum absolute atomic E-state index is 12.6. The molecular weight excluding hydrogens is 304 g/mol. The highest BCUT2D eigenvalue weighted by Crippen LogP contribution is 2.27.